The fourth-order valence-electron chi connectivity index (χ4n) is 1.59. The van der Waals surface area contributed by atoms with Crippen molar-refractivity contribution in [1.82, 2.24) is 9.97 Å². The Labute approximate surface area is 130 Å². The molecule has 1 heterocycles. The second-order valence-electron chi connectivity index (χ2n) is 3.99. The van der Waals surface area contributed by atoms with Crippen LogP contribution >= 0.6 is 11.6 Å². The first-order chi connectivity index (χ1) is 10.1. The van der Waals surface area contributed by atoms with E-state index < -0.39 is 0 Å². The van der Waals surface area contributed by atoms with Crippen LogP contribution < -0.4 is 10.6 Å². The highest BCUT2D eigenvalue weighted by Crippen LogP contribution is 2.22. The van der Waals surface area contributed by atoms with Crippen LogP contribution in [-0.2, 0) is 0 Å². The summed E-state index contributed by atoms with van der Waals surface area (Å²) in [5.41, 5.74) is 3.34. The number of aromatic nitrogens is 2. The Bertz CT molecular complexity index is 613. The minimum Gasteiger partial charge on any atom is -0.388 e. The average molecular weight is 306 g/mol. The lowest BCUT2D eigenvalue weighted by molar-refractivity contribution is 1.13. The number of anilines is 3. The van der Waals surface area contributed by atoms with Crippen molar-refractivity contribution in [3.05, 3.63) is 40.7 Å². The maximum atomic E-state index is 7.30. The van der Waals surface area contributed by atoms with Crippen LogP contribution in [0.5, 0.6) is 0 Å². The van der Waals surface area contributed by atoms with Crippen LogP contribution in [0.25, 0.3) is 0 Å². The molecular weight excluding hydrogens is 286 g/mol. The van der Waals surface area contributed by atoms with Crippen molar-refractivity contribution < 1.29 is 0 Å². The molecular formula is C15H20ClN5. The standard InChI is InChI=1S/C13H14ClN5.C2H6/c1-8-7-17-13(19-12(8)14)18-10-4-3-9(6-15)11(5-10)16-2;1-2/h3-7,15-16H,1-2H3,(H,17,18,19);1-2H3. The minimum atomic E-state index is 0.433. The van der Waals surface area contributed by atoms with Crippen LogP contribution in [0.15, 0.2) is 24.4 Å². The molecule has 0 aliphatic rings. The molecule has 0 unspecified atom stereocenters. The third-order valence-corrected chi connectivity index (χ3v) is 3.03. The van der Waals surface area contributed by atoms with E-state index in [1.54, 1.807) is 6.20 Å². The predicted octanol–water partition coefficient (Wildman–Crippen LogP) is 4.25. The zero-order valence-corrected chi connectivity index (χ0v) is 13.4. The summed E-state index contributed by atoms with van der Waals surface area (Å²) >= 11 is 5.95. The molecule has 0 atom stereocenters. The molecule has 0 radical (unpaired) electrons. The number of rotatable bonds is 4. The van der Waals surface area contributed by atoms with Gasteiger partial charge >= 0.3 is 0 Å². The number of benzene rings is 1. The first-order valence-corrected chi connectivity index (χ1v) is 7.10. The van der Waals surface area contributed by atoms with Crippen molar-refractivity contribution in [3.63, 3.8) is 0 Å². The summed E-state index contributed by atoms with van der Waals surface area (Å²) in [7, 11) is 1.81. The first-order valence-electron chi connectivity index (χ1n) is 6.72. The summed E-state index contributed by atoms with van der Waals surface area (Å²) < 4.78 is 0. The maximum Gasteiger partial charge on any atom is 0.228 e. The molecule has 0 fully saturated rings. The number of halogens is 1. The van der Waals surface area contributed by atoms with Crippen molar-refractivity contribution in [2.24, 2.45) is 0 Å². The molecule has 0 amide bonds. The summed E-state index contributed by atoms with van der Waals surface area (Å²) in [5.74, 6) is 0.445. The van der Waals surface area contributed by atoms with E-state index in [1.165, 1.54) is 6.21 Å². The molecule has 0 saturated carbocycles. The summed E-state index contributed by atoms with van der Waals surface area (Å²) in [6, 6.07) is 5.59. The molecule has 6 heteroatoms. The van der Waals surface area contributed by atoms with Crippen molar-refractivity contribution in [1.29, 1.82) is 5.41 Å². The average Bonchev–Trinajstić information content (AvgIpc) is 2.52. The Morgan fingerprint density at radius 3 is 2.57 bits per heavy atom. The van der Waals surface area contributed by atoms with Crippen LogP contribution in [0.3, 0.4) is 0 Å². The maximum absolute atomic E-state index is 7.30. The minimum absolute atomic E-state index is 0.433. The third-order valence-electron chi connectivity index (χ3n) is 2.64. The van der Waals surface area contributed by atoms with Crippen LogP contribution in [0.2, 0.25) is 5.15 Å². The highest BCUT2D eigenvalue weighted by atomic mass is 35.5. The summed E-state index contributed by atoms with van der Waals surface area (Å²) in [6.45, 7) is 5.85. The lowest BCUT2D eigenvalue weighted by Gasteiger charge is -2.10. The Kier molecular flexibility index (Phi) is 6.62. The summed E-state index contributed by atoms with van der Waals surface area (Å²) in [4.78, 5) is 8.30. The third kappa shape index (κ3) is 4.43. The van der Waals surface area contributed by atoms with Gasteiger partial charge in [0.15, 0.2) is 0 Å². The van der Waals surface area contributed by atoms with Crippen LogP contribution in [0.4, 0.5) is 17.3 Å². The molecule has 0 saturated heterocycles. The van der Waals surface area contributed by atoms with E-state index in [-0.39, 0.29) is 0 Å². The van der Waals surface area contributed by atoms with Gasteiger partial charge in [0.2, 0.25) is 5.95 Å². The van der Waals surface area contributed by atoms with Gasteiger partial charge in [0.1, 0.15) is 5.15 Å². The monoisotopic (exact) mass is 305 g/mol. The zero-order valence-electron chi connectivity index (χ0n) is 12.7. The second kappa shape index (κ2) is 8.21. The molecule has 2 aromatic rings. The Hall–Kier alpha value is -2.14. The van der Waals surface area contributed by atoms with Gasteiger partial charge in [-0.15, -0.1) is 0 Å². The van der Waals surface area contributed by atoms with Crippen molar-refractivity contribution in [2.75, 3.05) is 17.7 Å². The van der Waals surface area contributed by atoms with Gasteiger partial charge in [-0.3, -0.25) is 0 Å². The number of nitrogens with zero attached hydrogens (tertiary/aromatic N) is 2. The predicted molar refractivity (Wildman–Crippen MR) is 90.3 cm³/mol. The molecule has 0 aliphatic heterocycles. The van der Waals surface area contributed by atoms with E-state index in [4.69, 9.17) is 17.0 Å². The summed E-state index contributed by atoms with van der Waals surface area (Å²) in [6.07, 6.45) is 2.97. The molecule has 1 aromatic heterocycles. The molecule has 21 heavy (non-hydrogen) atoms. The molecule has 0 aliphatic carbocycles. The van der Waals surface area contributed by atoms with E-state index in [0.29, 0.717) is 11.1 Å². The normalized spacial score (nSPS) is 9.38. The van der Waals surface area contributed by atoms with E-state index in [1.807, 2.05) is 46.0 Å². The first kappa shape index (κ1) is 16.9. The van der Waals surface area contributed by atoms with Crippen molar-refractivity contribution in [2.45, 2.75) is 20.8 Å². The van der Waals surface area contributed by atoms with E-state index in [0.717, 1.165) is 22.5 Å². The lowest BCUT2D eigenvalue weighted by atomic mass is 10.1. The second-order valence-corrected chi connectivity index (χ2v) is 4.35. The van der Waals surface area contributed by atoms with Gasteiger partial charge in [-0.1, -0.05) is 25.4 Å². The largest absolute Gasteiger partial charge is 0.388 e. The molecule has 0 spiro atoms. The van der Waals surface area contributed by atoms with Gasteiger partial charge in [0.25, 0.3) is 0 Å². The fourth-order valence-corrected chi connectivity index (χ4v) is 1.72. The van der Waals surface area contributed by atoms with Gasteiger partial charge in [-0.25, -0.2) is 9.97 Å². The zero-order chi connectivity index (χ0) is 15.8. The molecule has 3 N–H and O–H groups in total. The number of hydrogen-bond donors (Lipinski definition) is 3. The molecule has 0 bridgehead atoms. The fraction of sp³-hybridized carbons (Fsp3) is 0.267. The highest BCUT2D eigenvalue weighted by molar-refractivity contribution is 6.30. The van der Waals surface area contributed by atoms with Crippen LogP contribution in [0, 0.1) is 12.3 Å². The Balaban J connectivity index is 0.00000106. The van der Waals surface area contributed by atoms with Crippen molar-refractivity contribution >= 4 is 35.1 Å². The topological polar surface area (TPSA) is 73.7 Å². The van der Waals surface area contributed by atoms with Gasteiger partial charge in [-0.05, 0) is 25.1 Å². The van der Waals surface area contributed by atoms with Gasteiger partial charge < -0.3 is 16.0 Å². The quantitative estimate of drug-likeness (QED) is 0.583. The van der Waals surface area contributed by atoms with E-state index >= 15 is 0 Å². The number of aryl methyl sites for hydroxylation is 1. The van der Waals surface area contributed by atoms with Gasteiger partial charge in [0, 0.05) is 42.0 Å². The molecule has 112 valence electrons. The summed E-state index contributed by atoms with van der Waals surface area (Å²) in [5, 5.41) is 13.8. The van der Waals surface area contributed by atoms with E-state index in [9.17, 15) is 0 Å². The van der Waals surface area contributed by atoms with Gasteiger partial charge in [0.05, 0.1) is 0 Å². The van der Waals surface area contributed by atoms with Crippen LogP contribution in [0.1, 0.15) is 25.0 Å². The molecule has 2 rings (SSSR count). The Morgan fingerprint density at radius 2 is 2.00 bits per heavy atom. The molecule has 1 aromatic carbocycles. The number of nitrogens with one attached hydrogen (secondary N) is 3. The van der Waals surface area contributed by atoms with Gasteiger partial charge in [-0.2, -0.15) is 0 Å². The molecule has 5 nitrogen and oxygen atoms in total. The smallest absolute Gasteiger partial charge is 0.228 e. The SMILES string of the molecule is CC.CNc1cc(Nc2ncc(C)c(Cl)n2)ccc1C=N. The lowest BCUT2D eigenvalue weighted by Crippen LogP contribution is -2.00. The van der Waals surface area contributed by atoms with Crippen molar-refractivity contribution in [3.8, 4) is 0 Å². The Morgan fingerprint density at radius 1 is 1.29 bits per heavy atom. The van der Waals surface area contributed by atoms with E-state index in [2.05, 4.69) is 20.6 Å². The van der Waals surface area contributed by atoms with Crippen LogP contribution in [-0.4, -0.2) is 23.2 Å². The number of hydrogen-bond acceptors (Lipinski definition) is 5. The highest BCUT2D eigenvalue weighted by Gasteiger charge is 2.04.